The van der Waals surface area contributed by atoms with Crippen molar-refractivity contribution in [2.24, 2.45) is 0 Å². The number of rotatable bonds is 4. The molecule has 1 aliphatic carbocycles. The molecule has 0 aromatic heterocycles. The molecule has 0 bridgehead atoms. The maximum atomic E-state index is 12.2. The van der Waals surface area contributed by atoms with Crippen LogP contribution in [-0.4, -0.2) is 27.4 Å². The highest BCUT2D eigenvalue weighted by atomic mass is 35.5. The number of amides is 1. The second-order valence-electron chi connectivity index (χ2n) is 4.80. The zero-order valence-corrected chi connectivity index (χ0v) is 12.7. The minimum absolute atomic E-state index is 0.0287. The van der Waals surface area contributed by atoms with Crippen LogP contribution in [0.5, 0.6) is 0 Å². The van der Waals surface area contributed by atoms with E-state index < -0.39 is 10.0 Å². The summed E-state index contributed by atoms with van der Waals surface area (Å²) in [4.78, 5) is 12.2. The zero-order valence-electron chi connectivity index (χ0n) is 11.1. The molecule has 0 heterocycles. The van der Waals surface area contributed by atoms with Crippen molar-refractivity contribution in [2.45, 2.75) is 36.6 Å². The first kappa shape index (κ1) is 15.3. The number of hydrogen-bond acceptors (Lipinski definition) is 3. The van der Waals surface area contributed by atoms with E-state index in [0.29, 0.717) is 0 Å². The van der Waals surface area contributed by atoms with Crippen molar-refractivity contribution in [3.63, 3.8) is 0 Å². The molecular weight excluding hydrogens is 300 g/mol. The average molecular weight is 317 g/mol. The lowest BCUT2D eigenvalue weighted by Gasteiger charge is -2.13. The van der Waals surface area contributed by atoms with Gasteiger partial charge in [0.25, 0.3) is 5.91 Å². The topological polar surface area (TPSA) is 75.3 Å². The fourth-order valence-corrected chi connectivity index (χ4v) is 3.26. The molecule has 7 heteroatoms. The van der Waals surface area contributed by atoms with Crippen molar-refractivity contribution < 1.29 is 13.2 Å². The summed E-state index contributed by atoms with van der Waals surface area (Å²) in [6.45, 7) is 0. The van der Waals surface area contributed by atoms with Gasteiger partial charge in [-0.15, -0.1) is 0 Å². The molecule has 110 valence electrons. The van der Waals surface area contributed by atoms with Crippen LogP contribution in [0.25, 0.3) is 0 Å². The lowest BCUT2D eigenvalue weighted by molar-refractivity contribution is 0.0938. The molecule has 1 fully saturated rings. The van der Waals surface area contributed by atoms with E-state index in [9.17, 15) is 13.2 Å². The van der Waals surface area contributed by atoms with Gasteiger partial charge in [-0.05, 0) is 38.1 Å². The molecule has 0 atom stereocenters. The Hall–Kier alpha value is -1.11. The third kappa shape index (κ3) is 3.31. The van der Waals surface area contributed by atoms with Gasteiger partial charge in [0.15, 0.2) is 0 Å². The highest BCUT2D eigenvalue weighted by Gasteiger charge is 2.21. The molecular formula is C13H17ClN2O3S. The Kier molecular flexibility index (Phi) is 4.67. The van der Waals surface area contributed by atoms with Crippen molar-refractivity contribution in [2.75, 3.05) is 7.05 Å². The summed E-state index contributed by atoms with van der Waals surface area (Å²) >= 11 is 5.99. The number of hydrogen-bond donors (Lipinski definition) is 2. The Morgan fingerprint density at radius 1 is 1.30 bits per heavy atom. The van der Waals surface area contributed by atoms with E-state index in [2.05, 4.69) is 10.0 Å². The highest BCUT2D eigenvalue weighted by Crippen LogP contribution is 2.22. The molecule has 2 N–H and O–H groups in total. The van der Waals surface area contributed by atoms with Gasteiger partial charge in [-0.2, -0.15) is 0 Å². The van der Waals surface area contributed by atoms with Gasteiger partial charge >= 0.3 is 0 Å². The van der Waals surface area contributed by atoms with Gasteiger partial charge in [0, 0.05) is 6.04 Å². The number of carbonyl (C=O) groups excluding carboxylic acids is 1. The van der Waals surface area contributed by atoms with Crippen molar-refractivity contribution in [3.05, 3.63) is 28.8 Å². The summed E-state index contributed by atoms with van der Waals surface area (Å²) in [7, 11) is -2.27. The standard InChI is InChI=1S/C13H17ClN2O3S/c1-15-20(18,19)10-6-7-12(14)11(8-10)13(17)16-9-4-2-3-5-9/h6-9,15H,2-5H2,1H3,(H,16,17). The van der Waals surface area contributed by atoms with Crippen LogP contribution in [0.2, 0.25) is 5.02 Å². The van der Waals surface area contributed by atoms with Crippen molar-refractivity contribution in [1.82, 2.24) is 10.0 Å². The summed E-state index contributed by atoms with van der Waals surface area (Å²) in [5.41, 5.74) is 0.190. The number of benzene rings is 1. The molecule has 1 amide bonds. The van der Waals surface area contributed by atoms with Crippen molar-refractivity contribution in [1.29, 1.82) is 0 Å². The predicted molar refractivity (Wildman–Crippen MR) is 77.4 cm³/mol. The third-order valence-corrected chi connectivity index (χ3v) is 5.19. The van der Waals surface area contributed by atoms with E-state index >= 15 is 0 Å². The van der Waals surface area contributed by atoms with E-state index in [1.807, 2.05) is 0 Å². The van der Waals surface area contributed by atoms with Gasteiger partial charge in [-0.1, -0.05) is 24.4 Å². The van der Waals surface area contributed by atoms with Crippen molar-refractivity contribution >= 4 is 27.5 Å². The minimum Gasteiger partial charge on any atom is -0.349 e. The SMILES string of the molecule is CNS(=O)(=O)c1ccc(Cl)c(C(=O)NC2CCCC2)c1. The van der Waals surface area contributed by atoms with Crippen LogP contribution < -0.4 is 10.0 Å². The largest absolute Gasteiger partial charge is 0.349 e. The van der Waals surface area contributed by atoms with Crippen LogP contribution in [0.3, 0.4) is 0 Å². The molecule has 2 rings (SSSR count). The number of sulfonamides is 1. The zero-order chi connectivity index (χ0) is 14.8. The first-order valence-corrected chi connectivity index (χ1v) is 8.34. The van der Waals surface area contributed by atoms with E-state index in [0.717, 1.165) is 25.7 Å². The second-order valence-corrected chi connectivity index (χ2v) is 7.10. The third-order valence-electron chi connectivity index (χ3n) is 3.45. The van der Waals surface area contributed by atoms with E-state index in [-0.39, 0.29) is 27.4 Å². The average Bonchev–Trinajstić information content (AvgIpc) is 2.91. The smallest absolute Gasteiger partial charge is 0.253 e. The number of carbonyl (C=O) groups is 1. The summed E-state index contributed by atoms with van der Waals surface area (Å²) in [5.74, 6) is -0.324. The summed E-state index contributed by atoms with van der Waals surface area (Å²) in [5, 5.41) is 3.14. The summed E-state index contributed by atoms with van der Waals surface area (Å²) < 4.78 is 25.7. The van der Waals surface area contributed by atoms with Gasteiger partial charge in [-0.3, -0.25) is 4.79 Å². The lowest BCUT2D eigenvalue weighted by atomic mass is 10.2. The molecule has 0 unspecified atom stereocenters. The first-order valence-electron chi connectivity index (χ1n) is 6.48. The Labute approximate surface area is 123 Å². The molecule has 0 spiro atoms. The first-order chi connectivity index (χ1) is 9.44. The fourth-order valence-electron chi connectivity index (χ4n) is 2.30. The van der Waals surface area contributed by atoms with E-state index in [1.165, 1.54) is 25.2 Å². The quantitative estimate of drug-likeness (QED) is 0.891. The highest BCUT2D eigenvalue weighted by molar-refractivity contribution is 7.89. The van der Waals surface area contributed by atoms with Gasteiger partial charge < -0.3 is 5.32 Å². The Balaban J connectivity index is 2.26. The molecule has 0 aliphatic heterocycles. The van der Waals surface area contributed by atoms with Gasteiger partial charge in [0.1, 0.15) is 0 Å². The maximum absolute atomic E-state index is 12.2. The monoisotopic (exact) mass is 316 g/mol. The van der Waals surface area contributed by atoms with Gasteiger partial charge in [0.2, 0.25) is 10.0 Å². The summed E-state index contributed by atoms with van der Waals surface area (Å²) in [6, 6.07) is 4.26. The molecule has 1 aromatic carbocycles. The van der Waals surface area contributed by atoms with Gasteiger partial charge in [0.05, 0.1) is 15.5 Å². The van der Waals surface area contributed by atoms with Crippen LogP contribution in [0.15, 0.2) is 23.1 Å². The van der Waals surface area contributed by atoms with Crippen LogP contribution in [0.4, 0.5) is 0 Å². The number of halogens is 1. The normalized spacial score (nSPS) is 16.3. The Morgan fingerprint density at radius 3 is 2.55 bits per heavy atom. The predicted octanol–water partition coefficient (Wildman–Crippen LogP) is 1.92. The van der Waals surface area contributed by atoms with Crippen LogP contribution in [0, 0.1) is 0 Å². The molecule has 20 heavy (non-hydrogen) atoms. The summed E-state index contributed by atoms with van der Waals surface area (Å²) in [6.07, 6.45) is 4.12. The second kappa shape index (κ2) is 6.11. The molecule has 1 aliphatic rings. The molecule has 1 saturated carbocycles. The van der Waals surface area contributed by atoms with E-state index in [4.69, 9.17) is 11.6 Å². The van der Waals surface area contributed by atoms with Crippen LogP contribution in [-0.2, 0) is 10.0 Å². The molecule has 1 aromatic rings. The maximum Gasteiger partial charge on any atom is 0.253 e. The minimum atomic E-state index is -3.59. The Bertz CT molecular complexity index is 610. The lowest BCUT2D eigenvalue weighted by Crippen LogP contribution is -2.33. The van der Waals surface area contributed by atoms with Gasteiger partial charge in [-0.25, -0.2) is 13.1 Å². The Morgan fingerprint density at radius 2 is 1.95 bits per heavy atom. The molecule has 5 nitrogen and oxygen atoms in total. The van der Waals surface area contributed by atoms with Crippen LogP contribution >= 0.6 is 11.6 Å². The number of nitrogens with one attached hydrogen (secondary N) is 2. The van der Waals surface area contributed by atoms with Crippen LogP contribution in [0.1, 0.15) is 36.0 Å². The molecule has 0 saturated heterocycles. The molecule has 0 radical (unpaired) electrons. The van der Waals surface area contributed by atoms with Crippen molar-refractivity contribution in [3.8, 4) is 0 Å². The fraction of sp³-hybridized carbons (Fsp3) is 0.462. The van der Waals surface area contributed by atoms with E-state index in [1.54, 1.807) is 0 Å².